The highest BCUT2D eigenvalue weighted by Crippen LogP contribution is 2.50. The van der Waals surface area contributed by atoms with Crippen LogP contribution in [0.2, 0.25) is 0 Å². The summed E-state index contributed by atoms with van der Waals surface area (Å²) >= 11 is 0. The fourth-order valence-corrected chi connectivity index (χ4v) is 8.94. The monoisotopic (exact) mass is 662 g/mol. The Morgan fingerprint density at radius 3 is 1.92 bits per heavy atom. The highest BCUT2D eigenvalue weighted by molar-refractivity contribution is 6.12. The van der Waals surface area contributed by atoms with Crippen LogP contribution in [0.25, 0.3) is 71.3 Å². The van der Waals surface area contributed by atoms with Crippen LogP contribution in [-0.4, -0.2) is 10.6 Å². The molecule has 2 atom stereocenters. The molecule has 244 valence electrons. The zero-order chi connectivity index (χ0) is 34.2. The molecule has 11 rings (SSSR count). The fraction of sp³-hybridized carbons (Fsp3) is 0.0400. The van der Waals surface area contributed by atoms with E-state index in [2.05, 4.69) is 204 Å². The average Bonchev–Trinajstić information content (AvgIpc) is 3.72. The van der Waals surface area contributed by atoms with Gasteiger partial charge in [-0.15, -0.1) is 0 Å². The quantitative estimate of drug-likeness (QED) is 0.182. The molecular weight excluding hydrogens is 629 g/mol. The molecule has 0 fully saturated rings. The predicted molar refractivity (Wildman–Crippen MR) is 220 cm³/mol. The number of allylic oxidation sites excluding steroid dienone is 2. The predicted octanol–water partition coefficient (Wildman–Crippen LogP) is 13.2. The van der Waals surface area contributed by atoms with Crippen molar-refractivity contribution < 1.29 is 0 Å². The van der Waals surface area contributed by atoms with Gasteiger partial charge in [0.05, 0.1) is 17.1 Å². The van der Waals surface area contributed by atoms with E-state index in [1.807, 2.05) is 0 Å². The minimum Gasteiger partial charge on any atom is -0.333 e. The average molecular weight is 663 g/mol. The Morgan fingerprint density at radius 2 is 1.08 bits per heavy atom. The van der Waals surface area contributed by atoms with Gasteiger partial charge in [-0.2, -0.15) is 0 Å². The van der Waals surface area contributed by atoms with E-state index < -0.39 is 0 Å². The van der Waals surface area contributed by atoms with Crippen LogP contribution in [0.3, 0.4) is 0 Å². The molecule has 2 aliphatic rings. The molecule has 0 saturated carbocycles. The molecule has 1 aliphatic carbocycles. The van der Waals surface area contributed by atoms with Gasteiger partial charge in [-0.05, 0) is 97.9 Å². The summed E-state index contributed by atoms with van der Waals surface area (Å²) in [4.78, 5) is 2.55. The Balaban J connectivity index is 1.05. The lowest BCUT2D eigenvalue weighted by Gasteiger charge is -2.29. The van der Waals surface area contributed by atoms with Crippen LogP contribution in [0, 0.1) is 0 Å². The SMILES string of the molecule is C1=CC2c3ccc(-c4cccc5c(-c6ccc7c(c6)c6ccccc6n7-c6ccccc6)cccc45)cc3N(c3ccc4ccccc4c3)C2C=C1. The second kappa shape index (κ2) is 11.4. The first-order valence-corrected chi connectivity index (χ1v) is 18.2. The van der Waals surface area contributed by atoms with Crippen molar-refractivity contribution in [1.29, 1.82) is 0 Å². The lowest BCUT2D eigenvalue weighted by molar-refractivity contribution is 0.745. The van der Waals surface area contributed by atoms with E-state index in [0.29, 0.717) is 5.92 Å². The van der Waals surface area contributed by atoms with Crippen molar-refractivity contribution in [3.8, 4) is 27.9 Å². The molecule has 2 nitrogen and oxygen atoms in total. The molecule has 0 radical (unpaired) electrons. The van der Waals surface area contributed by atoms with Gasteiger partial charge in [0.1, 0.15) is 0 Å². The maximum Gasteiger partial charge on any atom is 0.0629 e. The summed E-state index contributed by atoms with van der Waals surface area (Å²) in [6.45, 7) is 0. The highest BCUT2D eigenvalue weighted by Gasteiger charge is 2.37. The van der Waals surface area contributed by atoms with Gasteiger partial charge in [0.2, 0.25) is 0 Å². The number of anilines is 2. The second-order valence-electron chi connectivity index (χ2n) is 14.1. The van der Waals surface area contributed by atoms with Crippen molar-refractivity contribution in [3.63, 3.8) is 0 Å². The summed E-state index contributed by atoms with van der Waals surface area (Å²) in [5.41, 5.74) is 12.5. The molecule has 1 aliphatic heterocycles. The highest BCUT2D eigenvalue weighted by atomic mass is 15.2. The Labute approximate surface area is 302 Å². The van der Waals surface area contributed by atoms with Gasteiger partial charge in [0.25, 0.3) is 0 Å². The molecule has 2 unspecified atom stereocenters. The number of nitrogens with zero attached hydrogens (tertiary/aromatic N) is 2. The fourth-order valence-electron chi connectivity index (χ4n) is 8.94. The third-order valence-corrected chi connectivity index (χ3v) is 11.3. The molecule has 52 heavy (non-hydrogen) atoms. The molecule has 8 aromatic carbocycles. The molecule has 9 aromatic rings. The number of aromatic nitrogens is 1. The molecule has 0 amide bonds. The molecule has 2 heteroatoms. The van der Waals surface area contributed by atoms with Crippen molar-refractivity contribution >= 4 is 54.7 Å². The van der Waals surface area contributed by atoms with Crippen molar-refractivity contribution in [2.24, 2.45) is 0 Å². The van der Waals surface area contributed by atoms with Gasteiger partial charge < -0.3 is 9.47 Å². The van der Waals surface area contributed by atoms with E-state index in [1.165, 1.54) is 88.2 Å². The summed E-state index contributed by atoms with van der Waals surface area (Å²) < 4.78 is 2.38. The van der Waals surface area contributed by atoms with Gasteiger partial charge in [0, 0.05) is 33.8 Å². The molecule has 0 spiro atoms. The van der Waals surface area contributed by atoms with E-state index in [0.717, 1.165) is 0 Å². The Hall–Kier alpha value is -6.64. The van der Waals surface area contributed by atoms with Crippen LogP contribution in [0.4, 0.5) is 11.4 Å². The summed E-state index contributed by atoms with van der Waals surface area (Å²) in [5, 5.41) is 7.59. The van der Waals surface area contributed by atoms with Gasteiger partial charge in [0.15, 0.2) is 0 Å². The van der Waals surface area contributed by atoms with Crippen molar-refractivity contribution in [1.82, 2.24) is 4.57 Å². The van der Waals surface area contributed by atoms with Gasteiger partial charge >= 0.3 is 0 Å². The van der Waals surface area contributed by atoms with Crippen LogP contribution < -0.4 is 4.90 Å². The van der Waals surface area contributed by atoms with E-state index in [1.54, 1.807) is 0 Å². The summed E-state index contributed by atoms with van der Waals surface area (Å²) in [7, 11) is 0. The van der Waals surface area contributed by atoms with E-state index in [-0.39, 0.29) is 6.04 Å². The molecule has 1 aromatic heterocycles. The maximum atomic E-state index is 2.55. The first kappa shape index (κ1) is 29.1. The number of hydrogen-bond acceptors (Lipinski definition) is 1. The summed E-state index contributed by atoms with van der Waals surface area (Å²) in [6.07, 6.45) is 9.12. The Bertz CT molecular complexity index is 2930. The van der Waals surface area contributed by atoms with Crippen LogP contribution in [0.1, 0.15) is 11.5 Å². The largest absolute Gasteiger partial charge is 0.333 e. The molecule has 2 heterocycles. The first-order chi connectivity index (χ1) is 25.8. The van der Waals surface area contributed by atoms with Crippen molar-refractivity contribution in [2.75, 3.05) is 4.90 Å². The lowest BCUT2D eigenvalue weighted by Crippen LogP contribution is -2.28. The zero-order valence-corrected chi connectivity index (χ0v) is 28.5. The minimum atomic E-state index is 0.248. The van der Waals surface area contributed by atoms with Crippen molar-refractivity contribution in [3.05, 3.63) is 200 Å². The Morgan fingerprint density at radius 1 is 0.404 bits per heavy atom. The number of fused-ring (bicyclic) bond motifs is 8. The summed E-state index contributed by atoms with van der Waals surface area (Å²) in [6, 6.07) is 62.9. The van der Waals surface area contributed by atoms with Crippen LogP contribution >= 0.6 is 0 Å². The number of hydrogen-bond donors (Lipinski definition) is 0. The topological polar surface area (TPSA) is 8.17 Å². The lowest BCUT2D eigenvalue weighted by atomic mass is 9.89. The molecule has 0 saturated heterocycles. The third kappa shape index (κ3) is 4.37. The van der Waals surface area contributed by atoms with Crippen LogP contribution in [-0.2, 0) is 0 Å². The maximum absolute atomic E-state index is 2.55. The first-order valence-electron chi connectivity index (χ1n) is 18.2. The Kier molecular flexibility index (Phi) is 6.41. The molecule has 0 bridgehead atoms. The van der Waals surface area contributed by atoms with Crippen LogP contribution in [0.15, 0.2) is 194 Å². The van der Waals surface area contributed by atoms with E-state index >= 15 is 0 Å². The second-order valence-corrected chi connectivity index (χ2v) is 14.1. The van der Waals surface area contributed by atoms with Gasteiger partial charge in [-0.1, -0.05) is 146 Å². The minimum absolute atomic E-state index is 0.248. The normalized spacial score (nSPS) is 16.3. The number of benzene rings is 8. The van der Waals surface area contributed by atoms with Crippen molar-refractivity contribution in [2.45, 2.75) is 12.0 Å². The standard InChI is InChI=1S/C50H34N2/c1-2-14-37(15-3-1)51-48-23-9-7-17-44(48)46-31-35(26-29-49(46)51)39-18-10-21-42-40(19-11-20-41(39)42)36-25-28-45-43-16-6-8-22-47(43)52(50(45)32-36)38-27-24-33-12-4-5-13-34(33)30-38/h1-32,43,47H. The van der Waals surface area contributed by atoms with E-state index in [9.17, 15) is 0 Å². The third-order valence-electron chi connectivity index (χ3n) is 11.3. The molecular formula is C50H34N2. The zero-order valence-electron chi connectivity index (χ0n) is 28.5. The van der Waals surface area contributed by atoms with E-state index in [4.69, 9.17) is 0 Å². The number of rotatable bonds is 4. The molecule has 0 N–H and O–H groups in total. The summed E-state index contributed by atoms with van der Waals surface area (Å²) in [5.74, 6) is 0.322. The number of para-hydroxylation sites is 2. The smallest absolute Gasteiger partial charge is 0.0629 e. The van der Waals surface area contributed by atoms with Gasteiger partial charge in [-0.25, -0.2) is 0 Å². The van der Waals surface area contributed by atoms with Gasteiger partial charge in [-0.3, -0.25) is 0 Å². The van der Waals surface area contributed by atoms with Crippen LogP contribution in [0.5, 0.6) is 0 Å².